The Morgan fingerprint density at radius 3 is 1.63 bits per heavy atom. The van der Waals surface area contributed by atoms with Gasteiger partial charge in [0.15, 0.2) is 0 Å². The minimum absolute atomic E-state index is 0.0458. The SMILES string of the molecule is CC(C)(C)C(=O)N1CCC(C(=O)N2CCN(C(c3ccc(F)cc3)c3ccc(F)cc3)CC2)CC1. The van der Waals surface area contributed by atoms with Crippen molar-refractivity contribution in [2.45, 2.75) is 39.7 Å². The minimum atomic E-state index is -0.404. The van der Waals surface area contributed by atoms with E-state index in [0.717, 1.165) is 11.1 Å². The average molecular weight is 484 g/mol. The summed E-state index contributed by atoms with van der Waals surface area (Å²) in [7, 11) is 0. The van der Waals surface area contributed by atoms with E-state index < -0.39 is 5.41 Å². The van der Waals surface area contributed by atoms with E-state index in [4.69, 9.17) is 0 Å². The van der Waals surface area contributed by atoms with Crippen molar-refractivity contribution < 1.29 is 18.4 Å². The van der Waals surface area contributed by atoms with E-state index in [1.54, 1.807) is 24.3 Å². The lowest BCUT2D eigenvalue weighted by Gasteiger charge is -2.42. The third-order valence-electron chi connectivity index (χ3n) is 7.14. The molecule has 35 heavy (non-hydrogen) atoms. The second-order valence-electron chi connectivity index (χ2n) is 10.7. The molecule has 188 valence electrons. The smallest absolute Gasteiger partial charge is 0.227 e. The molecule has 0 aromatic heterocycles. The third-order valence-corrected chi connectivity index (χ3v) is 7.14. The summed E-state index contributed by atoms with van der Waals surface area (Å²) in [6.07, 6.45) is 1.41. The van der Waals surface area contributed by atoms with Gasteiger partial charge in [-0.2, -0.15) is 0 Å². The molecule has 0 spiro atoms. The number of hydrogen-bond acceptors (Lipinski definition) is 3. The Kier molecular flexibility index (Phi) is 7.55. The number of carbonyl (C=O) groups excluding carboxylic acids is 2. The highest BCUT2D eigenvalue weighted by molar-refractivity contribution is 5.82. The van der Waals surface area contributed by atoms with Gasteiger partial charge in [-0.15, -0.1) is 0 Å². The van der Waals surface area contributed by atoms with E-state index in [1.807, 2.05) is 30.6 Å². The molecule has 2 fully saturated rings. The first-order valence-electron chi connectivity index (χ1n) is 12.5. The predicted molar refractivity (Wildman–Crippen MR) is 132 cm³/mol. The Labute approximate surface area is 206 Å². The highest BCUT2D eigenvalue weighted by Gasteiger charge is 2.35. The summed E-state index contributed by atoms with van der Waals surface area (Å²) in [6, 6.07) is 12.7. The number of amides is 2. The molecule has 0 N–H and O–H groups in total. The van der Waals surface area contributed by atoms with Gasteiger partial charge in [0.05, 0.1) is 6.04 Å². The van der Waals surface area contributed by atoms with Crippen LogP contribution in [0.5, 0.6) is 0 Å². The molecule has 7 heteroatoms. The first kappa shape index (κ1) is 25.3. The molecule has 2 aromatic rings. The van der Waals surface area contributed by atoms with E-state index in [-0.39, 0.29) is 35.4 Å². The van der Waals surface area contributed by atoms with Gasteiger partial charge in [-0.1, -0.05) is 45.0 Å². The molecule has 2 amide bonds. The Bertz CT molecular complexity index is 972. The zero-order valence-corrected chi connectivity index (χ0v) is 20.8. The zero-order valence-electron chi connectivity index (χ0n) is 20.8. The van der Waals surface area contributed by atoms with Crippen molar-refractivity contribution in [3.63, 3.8) is 0 Å². The van der Waals surface area contributed by atoms with Crippen molar-refractivity contribution >= 4 is 11.8 Å². The predicted octanol–water partition coefficient (Wildman–Crippen LogP) is 4.48. The van der Waals surface area contributed by atoms with E-state index in [1.165, 1.54) is 24.3 Å². The highest BCUT2D eigenvalue weighted by atomic mass is 19.1. The lowest BCUT2D eigenvalue weighted by atomic mass is 9.90. The summed E-state index contributed by atoms with van der Waals surface area (Å²) >= 11 is 0. The molecule has 2 saturated heterocycles. The van der Waals surface area contributed by atoms with Gasteiger partial charge in [0, 0.05) is 50.6 Å². The van der Waals surface area contributed by atoms with Gasteiger partial charge >= 0.3 is 0 Å². The Morgan fingerprint density at radius 2 is 1.20 bits per heavy atom. The maximum atomic E-state index is 13.6. The van der Waals surface area contributed by atoms with Gasteiger partial charge in [-0.3, -0.25) is 14.5 Å². The van der Waals surface area contributed by atoms with Crippen LogP contribution in [-0.4, -0.2) is 65.8 Å². The first-order valence-corrected chi connectivity index (χ1v) is 12.5. The largest absolute Gasteiger partial charge is 0.342 e. The number of halogens is 2. The molecular formula is C28H35F2N3O2. The maximum Gasteiger partial charge on any atom is 0.227 e. The number of rotatable bonds is 4. The summed E-state index contributed by atoms with van der Waals surface area (Å²) in [5.41, 5.74) is 1.47. The van der Waals surface area contributed by atoms with E-state index in [2.05, 4.69) is 4.90 Å². The van der Waals surface area contributed by atoms with Crippen LogP contribution >= 0.6 is 0 Å². The van der Waals surface area contributed by atoms with Crippen molar-refractivity contribution in [2.75, 3.05) is 39.3 Å². The van der Waals surface area contributed by atoms with Crippen LogP contribution in [0.2, 0.25) is 0 Å². The summed E-state index contributed by atoms with van der Waals surface area (Å²) in [6.45, 7) is 9.61. The standard InChI is InChI=1S/C28H35F2N3O2/c1-28(2,3)27(35)33-14-12-22(13-15-33)26(34)32-18-16-31(17-19-32)25(20-4-8-23(29)9-5-20)21-6-10-24(30)11-7-21/h4-11,22,25H,12-19H2,1-3H3. The van der Waals surface area contributed by atoms with Gasteiger partial charge in [0.1, 0.15) is 11.6 Å². The van der Waals surface area contributed by atoms with Crippen molar-refractivity contribution in [1.82, 2.24) is 14.7 Å². The van der Waals surface area contributed by atoms with E-state index in [0.29, 0.717) is 52.1 Å². The van der Waals surface area contributed by atoms with Gasteiger partial charge in [0.25, 0.3) is 0 Å². The zero-order chi connectivity index (χ0) is 25.2. The van der Waals surface area contributed by atoms with Crippen LogP contribution in [-0.2, 0) is 9.59 Å². The molecule has 2 heterocycles. The van der Waals surface area contributed by atoms with Crippen LogP contribution in [0.1, 0.15) is 50.8 Å². The number of piperidine rings is 1. The summed E-state index contributed by atoms with van der Waals surface area (Å²) < 4.78 is 27.1. The van der Waals surface area contributed by atoms with Crippen molar-refractivity contribution in [1.29, 1.82) is 0 Å². The van der Waals surface area contributed by atoms with E-state index >= 15 is 0 Å². The number of carbonyl (C=O) groups is 2. The molecule has 2 aromatic carbocycles. The molecule has 5 nitrogen and oxygen atoms in total. The minimum Gasteiger partial charge on any atom is -0.342 e. The van der Waals surface area contributed by atoms with Crippen LogP contribution in [0.15, 0.2) is 48.5 Å². The summed E-state index contributed by atoms with van der Waals surface area (Å²) in [5.74, 6) is -0.317. The molecule has 0 bridgehead atoms. The molecule has 0 unspecified atom stereocenters. The van der Waals surface area contributed by atoms with Crippen LogP contribution < -0.4 is 0 Å². The second kappa shape index (κ2) is 10.4. The normalized spacial score (nSPS) is 18.2. The maximum absolute atomic E-state index is 13.6. The average Bonchev–Trinajstić information content (AvgIpc) is 2.85. The van der Waals surface area contributed by atoms with E-state index in [9.17, 15) is 18.4 Å². The van der Waals surface area contributed by atoms with Gasteiger partial charge in [-0.25, -0.2) is 8.78 Å². The highest BCUT2D eigenvalue weighted by Crippen LogP contribution is 2.31. The van der Waals surface area contributed by atoms with Gasteiger partial charge < -0.3 is 9.80 Å². The van der Waals surface area contributed by atoms with Crippen molar-refractivity contribution in [3.8, 4) is 0 Å². The Balaban J connectivity index is 1.39. The van der Waals surface area contributed by atoms with Crippen molar-refractivity contribution in [3.05, 3.63) is 71.3 Å². The fraction of sp³-hybridized carbons (Fsp3) is 0.500. The van der Waals surface area contributed by atoms with Crippen LogP contribution in [0.25, 0.3) is 0 Å². The number of likely N-dealkylation sites (tertiary alicyclic amines) is 1. The molecule has 2 aliphatic heterocycles. The summed E-state index contributed by atoms with van der Waals surface area (Å²) in [5, 5.41) is 0. The Hall–Kier alpha value is -2.80. The van der Waals surface area contributed by atoms with Crippen LogP contribution in [0.4, 0.5) is 8.78 Å². The summed E-state index contributed by atoms with van der Waals surface area (Å²) in [4.78, 5) is 31.9. The number of nitrogens with zero attached hydrogens (tertiary/aromatic N) is 3. The van der Waals surface area contributed by atoms with Gasteiger partial charge in [-0.05, 0) is 48.2 Å². The van der Waals surface area contributed by atoms with Crippen LogP contribution in [0, 0.1) is 23.0 Å². The fourth-order valence-corrected chi connectivity index (χ4v) is 5.17. The van der Waals surface area contributed by atoms with Crippen molar-refractivity contribution in [2.24, 2.45) is 11.3 Å². The molecule has 0 radical (unpaired) electrons. The molecule has 2 aliphatic rings. The third kappa shape index (κ3) is 5.89. The number of piperazine rings is 1. The molecule has 4 rings (SSSR count). The molecule has 0 saturated carbocycles. The molecule has 0 atom stereocenters. The second-order valence-corrected chi connectivity index (χ2v) is 10.7. The first-order chi connectivity index (χ1) is 16.6. The molecule has 0 aliphatic carbocycles. The monoisotopic (exact) mass is 483 g/mol. The fourth-order valence-electron chi connectivity index (χ4n) is 5.17. The van der Waals surface area contributed by atoms with Crippen LogP contribution in [0.3, 0.4) is 0 Å². The topological polar surface area (TPSA) is 43.9 Å². The number of benzene rings is 2. The Morgan fingerprint density at radius 1 is 0.743 bits per heavy atom. The lowest BCUT2D eigenvalue weighted by molar-refractivity contribution is -0.145. The quantitative estimate of drug-likeness (QED) is 0.644. The van der Waals surface area contributed by atoms with Gasteiger partial charge in [0.2, 0.25) is 11.8 Å². The number of hydrogen-bond donors (Lipinski definition) is 0. The lowest BCUT2D eigenvalue weighted by Crippen LogP contribution is -2.53. The molecular weight excluding hydrogens is 448 g/mol.